The van der Waals surface area contributed by atoms with Crippen molar-refractivity contribution in [2.24, 2.45) is 5.73 Å². The molecule has 0 aromatic heterocycles. The summed E-state index contributed by atoms with van der Waals surface area (Å²) < 4.78 is 0. The van der Waals surface area contributed by atoms with E-state index in [0.29, 0.717) is 25.1 Å². The minimum atomic E-state index is -0.796. The normalized spacial score (nSPS) is 10.0. The first-order chi connectivity index (χ1) is 10.5. The van der Waals surface area contributed by atoms with Gasteiger partial charge in [0.1, 0.15) is 0 Å². The Morgan fingerprint density at radius 1 is 1.00 bits per heavy atom. The molecule has 22 heavy (non-hydrogen) atoms. The number of hydrogen-bond acceptors (Lipinski definition) is 3. The lowest BCUT2D eigenvalue weighted by Crippen LogP contribution is -2.28. The van der Waals surface area contributed by atoms with Gasteiger partial charge in [0.25, 0.3) is 5.91 Å². The van der Waals surface area contributed by atoms with Gasteiger partial charge >= 0.3 is 12.0 Å². The Labute approximate surface area is 128 Å². The molecule has 0 atom stereocenters. The molecule has 0 saturated carbocycles. The number of urea groups is 1. The second kappa shape index (κ2) is 9.38. The van der Waals surface area contributed by atoms with Crippen LogP contribution in [-0.4, -0.2) is 29.6 Å². The van der Waals surface area contributed by atoms with Crippen molar-refractivity contribution in [1.29, 1.82) is 0 Å². The Bertz CT molecular complexity index is 514. The molecule has 0 aliphatic rings. The van der Waals surface area contributed by atoms with Gasteiger partial charge in [-0.15, -0.1) is 0 Å². The molecule has 120 valence electrons. The molecule has 7 nitrogen and oxygen atoms in total. The summed E-state index contributed by atoms with van der Waals surface area (Å²) in [7, 11) is 0. The molecule has 0 radical (unpaired) electrons. The zero-order chi connectivity index (χ0) is 16.4. The number of carboxylic acids is 1. The Morgan fingerprint density at radius 2 is 1.68 bits per heavy atom. The van der Waals surface area contributed by atoms with Gasteiger partial charge in [0.15, 0.2) is 0 Å². The van der Waals surface area contributed by atoms with E-state index in [1.54, 1.807) is 24.3 Å². The van der Waals surface area contributed by atoms with Gasteiger partial charge in [0.05, 0.1) is 0 Å². The van der Waals surface area contributed by atoms with Crippen LogP contribution in [0.1, 0.15) is 41.6 Å². The van der Waals surface area contributed by atoms with E-state index in [9.17, 15) is 14.4 Å². The maximum absolute atomic E-state index is 11.9. The molecule has 3 amide bonds. The first kappa shape index (κ1) is 17.5. The van der Waals surface area contributed by atoms with Gasteiger partial charge < -0.3 is 21.5 Å². The summed E-state index contributed by atoms with van der Waals surface area (Å²) in [6.07, 6.45) is 2.30. The fourth-order valence-corrected chi connectivity index (χ4v) is 1.85. The predicted octanol–water partition coefficient (Wildman–Crippen LogP) is 1.23. The molecule has 0 spiro atoms. The van der Waals surface area contributed by atoms with Gasteiger partial charge in [-0.05, 0) is 30.5 Å². The second-order valence-electron chi connectivity index (χ2n) is 4.88. The number of hydrogen-bond donors (Lipinski definition) is 4. The first-order valence-corrected chi connectivity index (χ1v) is 7.11. The van der Waals surface area contributed by atoms with Gasteiger partial charge in [-0.2, -0.15) is 0 Å². The van der Waals surface area contributed by atoms with E-state index in [-0.39, 0.29) is 12.3 Å². The lowest BCUT2D eigenvalue weighted by atomic mass is 10.1. The minimum Gasteiger partial charge on any atom is -0.481 e. The van der Waals surface area contributed by atoms with Crippen molar-refractivity contribution >= 4 is 17.9 Å². The van der Waals surface area contributed by atoms with Gasteiger partial charge in [0, 0.05) is 25.1 Å². The molecule has 1 aromatic rings. The molecule has 5 N–H and O–H groups in total. The highest BCUT2D eigenvalue weighted by Gasteiger charge is 2.05. The summed E-state index contributed by atoms with van der Waals surface area (Å²) >= 11 is 0. The number of nitrogens with one attached hydrogen (secondary N) is 2. The standard InChI is InChI=1S/C15H21N3O4/c16-15(22)18-10-11-5-7-12(8-6-11)14(21)17-9-3-1-2-4-13(19)20/h5-8H,1-4,9-10H2,(H,17,21)(H,19,20)(H3,16,18,22). The van der Waals surface area contributed by atoms with Gasteiger partial charge in [-0.3, -0.25) is 9.59 Å². The number of benzene rings is 1. The van der Waals surface area contributed by atoms with Crippen LogP contribution in [0.15, 0.2) is 24.3 Å². The monoisotopic (exact) mass is 307 g/mol. The molecule has 7 heteroatoms. The molecular formula is C15H21N3O4. The highest BCUT2D eigenvalue weighted by atomic mass is 16.4. The smallest absolute Gasteiger partial charge is 0.312 e. The fraction of sp³-hybridized carbons (Fsp3) is 0.400. The van der Waals surface area contributed by atoms with E-state index in [1.807, 2.05) is 0 Å². The number of nitrogens with two attached hydrogens (primary N) is 1. The quantitative estimate of drug-likeness (QED) is 0.512. The summed E-state index contributed by atoms with van der Waals surface area (Å²) in [5.41, 5.74) is 6.36. The number of carbonyl (C=O) groups is 3. The molecule has 1 rings (SSSR count). The molecule has 0 unspecified atom stereocenters. The van der Waals surface area contributed by atoms with Crippen LogP contribution in [0.3, 0.4) is 0 Å². The largest absolute Gasteiger partial charge is 0.481 e. The number of aliphatic carboxylic acids is 1. The van der Waals surface area contributed by atoms with Crippen LogP contribution in [0.25, 0.3) is 0 Å². The number of carbonyl (C=O) groups excluding carboxylic acids is 2. The van der Waals surface area contributed by atoms with Crippen LogP contribution in [0.4, 0.5) is 4.79 Å². The number of primary amides is 1. The maximum Gasteiger partial charge on any atom is 0.312 e. The average molecular weight is 307 g/mol. The Balaban J connectivity index is 2.27. The molecule has 0 saturated heterocycles. The number of carboxylic acid groups (broad SMARTS) is 1. The van der Waals surface area contributed by atoms with Crippen LogP contribution in [-0.2, 0) is 11.3 Å². The molecule has 0 heterocycles. The lowest BCUT2D eigenvalue weighted by Gasteiger charge is -2.06. The average Bonchev–Trinajstić information content (AvgIpc) is 2.48. The number of rotatable bonds is 9. The van der Waals surface area contributed by atoms with Crippen molar-refractivity contribution in [3.8, 4) is 0 Å². The maximum atomic E-state index is 11.9. The molecule has 0 fully saturated rings. The molecule has 0 bridgehead atoms. The molecule has 0 aliphatic heterocycles. The van der Waals surface area contributed by atoms with Crippen molar-refractivity contribution in [2.75, 3.05) is 6.54 Å². The SMILES string of the molecule is NC(=O)NCc1ccc(C(=O)NCCCCCC(=O)O)cc1. The van der Waals surface area contributed by atoms with E-state index in [1.165, 1.54) is 0 Å². The summed E-state index contributed by atoms with van der Waals surface area (Å²) in [5, 5.41) is 13.7. The third kappa shape index (κ3) is 7.28. The van der Waals surface area contributed by atoms with Crippen molar-refractivity contribution in [2.45, 2.75) is 32.2 Å². The Kier molecular flexibility index (Phi) is 7.45. The van der Waals surface area contributed by atoms with Crippen molar-refractivity contribution < 1.29 is 19.5 Å². The zero-order valence-electron chi connectivity index (χ0n) is 12.3. The molecular weight excluding hydrogens is 286 g/mol. The van der Waals surface area contributed by atoms with E-state index in [0.717, 1.165) is 18.4 Å². The summed E-state index contributed by atoms with van der Waals surface area (Å²) in [4.78, 5) is 32.8. The van der Waals surface area contributed by atoms with Crippen LogP contribution in [0.5, 0.6) is 0 Å². The van der Waals surface area contributed by atoms with E-state index in [4.69, 9.17) is 10.8 Å². The van der Waals surface area contributed by atoms with E-state index < -0.39 is 12.0 Å². The van der Waals surface area contributed by atoms with Crippen LogP contribution >= 0.6 is 0 Å². The highest BCUT2D eigenvalue weighted by Crippen LogP contribution is 2.05. The lowest BCUT2D eigenvalue weighted by molar-refractivity contribution is -0.137. The Morgan fingerprint density at radius 3 is 2.27 bits per heavy atom. The van der Waals surface area contributed by atoms with Crippen molar-refractivity contribution in [3.05, 3.63) is 35.4 Å². The Hall–Kier alpha value is -2.57. The number of unbranched alkanes of at least 4 members (excludes halogenated alkanes) is 2. The third-order valence-electron chi connectivity index (χ3n) is 3.04. The first-order valence-electron chi connectivity index (χ1n) is 7.11. The van der Waals surface area contributed by atoms with Crippen molar-refractivity contribution in [1.82, 2.24) is 10.6 Å². The van der Waals surface area contributed by atoms with Gasteiger partial charge in [-0.25, -0.2) is 4.79 Å². The van der Waals surface area contributed by atoms with Crippen LogP contribution in [0, 0.1) is 0 Å². The second-order valence-corrected chi connectivity index (χ2v) is 4.88. The predicted molar refractivity (Wildman–Crippen MR) is 81.3 cm³/mol. The van der Waals surface area contributed by atoms with Gasteiger partial charge in [0.2, 0.25) is 0 Å². The van der Waals surface area contributed by atoms with Crippen molar-refractivity contribution in [3.63, 3.8) is 0 Å². The topological polar surface area (TPSA) is 122 Å². The third-order valence-corrected chi connectivity index (χ3v) is 3.04. The summed E-state index contributed by atoms with van der Waals surface area (Å²) in [6.45, 7) is 0.838. The zero-order valence-corrected chi connectivity index (χ0v) is 12.3. The van der Waals surface area contributed by atoms with E-state index >= 15 is 0 Å². The summed E-state index contributed by atoms with van der Waals surface area (Å²) in [6, 6.07) is 6.26. The molecule has 1 aromatic carbocycles. The minimum absolute atomic E-state index is 0.161. The van der Waals surface area contributed by atoms with Crippen LogP contribution < -0.4 is 16.4 Å². The van der Waals surface area contributed by atoms with Gasteiger partial charge in [-0.1, -0.05) is 18.6 Å². The summed E-state index contributed by atoms with van der Waals surface area (Å²) in [5.74, 6) is -0.970. The molecule has 0 aliphatic carbocycles. The fourth-order valence-electron chi connectivity index (χ4n) is 1.85. The van der Waals surface area contributed by atoms with E-state index in [2.05, 4.69) is 10.6 Å². The highest BCUT2D eigenvalue weighted by molar-refractivity contribution is 5.94. The van der Waals surface area contributed by atoms with Crippen LogP contribution in [0.2, 0.25) is 0 Å². The number of amides is 3.